The van der Waals surface area contributed by atoms with Gasteiger partial charge in [-0.15, -0.1) is 11.3 Å². The lowest BCUT2D eigenvalue weighted by molar-refractivity contribution is 0.187. The minimum Gasteiger partial charge on any atom is -0.487 e. The van der Waals surface area contributed by atoms with Crippen LogP contribution in [0.25, 0.3) is 20.7 Å². The third kappa shape index (κ3) is 5.18. The highest BCUT2D eigenvalue weighted by atomic mass is 35.5. The van der Waals surface area contributed by atoms with E-state index in [0.717, 1.165) is 72.6 Å². The number of aromatic nitrogens is 4. The van der Waals surface area contributed by atoms with Crippen molar-refractivity contribution in [2.24, 2.45) is 0 Å². The highest BCUT2D eigenvalue weighted by molar-refractivity contribution is 7.22. The second-order valence-electron chi connectivity index (χ2n) is 10.6. The Labute approximate surface area is 247 Å². The van der Waals surface area contributed by atoms with Gasteiger partial charge in [0, 0.05) is 35.4 Å². The summed E-state index contributed by atoms with van der Waals surface area (Å²) < 4.78 is 21.6. The number of benzene rings is 2. The largest absolute Gasteiger partial charge is 0.487 e. The number of piperidine rings is 1. The number of thiophene rings is 1. The monoisotopic (exact) mass is 588 g/mol. The Hall–Kier alpha value is -3.53. The van der Waals surface area contributed by atoms with Crippen molar-refractivity contribution < 1.29 is 9.13 Å². The van der Waals surface area contributed by atoms with Gasteiger partial charge in [-0.1, -0.05) is 30.7 Å². The van der Waals surface area contributed by atoms with E-state index in [2.05, 4.69) is 38.0 Å². The maximum Gasteiger partial charge on any atom is 0.142 e. The smallest absolute Gasteiger partial charge is 0.142 e. The summed E-state index contributed by atoms with van der Waals surface area (Å²) in [6, 6.07) is 12.4. The molecule has 7 rings (SSSR count). The first-order valence-electron chi connectivity index (χ1n) is 14.1. The minimum atomic E-state index is -0.290. The van der Waals surface area contributed by atoms with Gasteiger partial charge in [0.15, 0.2) is 0 Å². The van der Waals surface area contributed by atoms with Crippen LogP contribution in [0, 0.1) is 5.82 Å². The van der Waals surface area contributed by atoms with E-state index in [1.807, 2.05) is 24.3 Å². The number of likely N-dealkylation sites (tertiary alicyclic amines) is 1. The molecule has 5 aromatic rings. The number of nitrogens with zero attached hydrogens (tertiary/aromatic N) is 5. The normalized spacial score (nSPS) is 15.6. The number of hydrogen-bond donors (Lipinski definition) is 1. The fraction of sp³-hybridized carbons (Fsp3) is 0.323. The molecule has 1 saturated heterocycles. The number of fused-ring (bicyclic) bond motifs is 5. The fourth-order valence-electron chi connectivity index (χ4n) is 5.90. The molecule has 1 aliphatic carbocycles. The maximum atomic E-state index is 13.5. The van der Waals surface area contributed by atoms with Crippen LogP contribution in [-0.2, 0) is 19.4 Å². The van der Waals surface area contributed by atoms with E-state index < -0.39 is 0 Å². The van der Waals surface area contributed by atoms with Crippen LogP contribution >= 0.6 is 22.9 Å². The van der Waals surface area contributed by atoms with Crippen molar-refractivity contribution in [1.82, 2.24) is 24.6 Å². The van der Waals surface area contributed by atoms with E-state index >= 15 is 0 Å². The quantitative estimate of drug-likeness (QED) is 0.213. The van der Waals surface area contributed by atoms with Gasteiger partial charge in [-0.25, -0.2) is 14.4 Å². The highest BCUT2D eigenvalue weighted by Gasteiger charge is 2.28. The zero-order valence-electron chi connectivity index (χ0n) is 22.7. The van der Waals surface area contributed by atoms with Crippen molar-refractivity contribution in [2.45, 2.75) is 45.3 Å². The van der Waals surface area contributed by atoms with Crippen LogP contribution in [-0.4, -0.2) is 44.3 Å². The number of halogens is 2. The molecule has 0 radical (unpaired) electrons. The predicted octanol–water partition coefficient (Wildman–Crippen LogP) is 7.43. The van der Waals surface area contributed by atoms with Gasteiger partial charge >= 0.3 is 0 Å². The van der Waals surface area contributed by atoms with Crippen molar-refractivity contribution >= 4 is 44.7 Å². The lowest BCUT2D eigenvalue weighted by atomic mass is 9.95. The molecule has 10 heteroatoms. The Morgan fingerprint density at radius 3 is 2.80 bits per heavy atom. The molecule has 0 atom stereocenters. The number of aryl methyl sites for hydroxylation is 2. The number of anilines is 2. The van der Waals surface area contributed by atoms with Gasteiger partial charge in [-0.2, -0.15) is 5.10 Å². The number of ether oxygens (including phenoxy) is 1. The molecule has 2 aliphatic rings. The van der Waals surface area contributed by atoms with Gasteiger partial charge in [0.1, 0.15) is 35.1 Å². The van der Waals surface area contributed by atoms with Gasteiger partial charge in [0.25, 0.3) is 0 Å². The first-order chi connectivity index (χ1) is 20.1. The van der Waals surface area contributed by atoms with Crippen LogP contribution in [0.2, 0.25) is 5.02 Å². The third-order valence-corrected chi connectivity index (χ3v) is 9.58. The molecule has 0 amide bonds. The molecule has 0 saturated carbocycles. The molecule has 0 bridgehead atoms. The molecule has 0 unspecified atom stereocenters. The molecule has 210 valence electrons. The Morgan fingerprint density at radius 1 is 1.12 bits per heavy atom. The second-order valence-corrected chi connectivity index (χ2v) is 12.0. The average molecular weight is 589 g/mol. The molecular formula is C31H30ClFN6OS. The van der Waals surface area contributed by atoms with Gasteiger partial charge in [-0.05, 0) is 73.7 Å². The zero-order valence-corrected chi connectivity index (χ0v) is 24.3. The molecule has 3 aromatic heterocycles. The van der Waals surface area contributed by atoms with Crippen molar-refractivity contribution in [3.8, 4) is 16.2 Å². The minimum absolute atomic E-state index is 0.230. The summed E-state index contributed by atoms with van der Waals surface area (Å²) in [5.74, 6) is 1.01. The molecule has 1 fully saturated rings. The molecular weight excluding hydrogens is 559 g/mol. The Bertz CT molecular complexity index is 1730. The number of rotatable bonds is 7. The standard InChI is InChI=1S/C31H30ClFN6OS/c1-2-38-12-10-22(11-13-38)39-16-24-26(37-39)8-7-23-28-30(34-18-35-31(28)41-29(23)24)36-21-6-9-27(25(32)15-21)40-17-19-4-3-5-20(33)14-19/h3-6,9,14-16,18,22H,2,7-8,10-13,17H2,1H3,(H,34,35,36). The average Bonchev–Trinajstić information content (AvgIpc) is 3.59. The molecule has 1 N–H and O–H groups in total. The number of nitrogens with one attached hydrogen (secondary N) is 1. The van der Waals surface area contributed by atoms with E-state index in [1.54, 1.807) is 23.7 Å². The van der Waals surface area contributed by atoms with E-state index in [-0.39, 0.29) is 12.4 Å². The van der Waals surface area contributed by atoms with Crippen molar-refractivity contribution in [3.05, 3.63) is 82.6 Å². The molecule has 0 spiro atoms. The van der Waals surface area contributed by atoms with Crippen LogP contribution < -0.4 is 10.1 Å². The van der Waals surface area contributed by atoms with Crippen LogP contribution in [0.5, 0.6) is 5.75 Å². The summed E-state index contributed by atoms with van der Waals surface area (Å²) in [6.07, 6.45) is 7.97. The van der Waals surface area contributed by atoms with Gasteiger partial charge < -0.3 is 15.0 Å². The van der Waals surface area contributed by atoms with Crippen molar-refractivity contribution in [2.75, 3.05) is 25.0 Å². The molecule has 4 heterocycles. The SMILES string of the molecule is CCN1CCC(n2cc3c(n2)CCc2c-3sc3ncnc(Nc4ccc(OCc5cccc(F)c5)c(Cl)c4)c23)CC1. The Kier molecular flexibility index (Phi) is 7.10. The first kappa shape index (κ1) is 26.4. The van der Waals surface area contributed by atoms with Gasteiger partial charge in [0.2, 0.25) is 0 Å². The van der Waals surface area contributed by atoms with E-state index in [4.69, 9.17) is 21.4 Å². The lowest BCUT2D eigenvalue weighted by Crippen LogP contribution is -2.34. The van der Waals surface area contributed by atoms with Gasteiger partial charge in [0.05, 0.1) is 22.1 Å². The maximum absolute atomic E-state index is 13.5. The van der Waals surface area contributed by atoms with Crippen LogP contribution in [0.15, 0.2) is 55.0 Å². The highest BCUT2D eigenvalue weighted by Crippen LogP contribution is 2.45. The van der Waals surface area contributed by atoms with Crippen molar-refractivity contribution in [3.63, 3.8) is 0 Å². The topological polar surface area (TPSA) is 68.1 Å². The predicted molar refractivity (Wildman–Crippen MR) is 162 cm³/mol. The fourth-order valence-corrected chi connectivity index (χ4v) is 7.35. The summed E-state index contributed by atoms with van der Waals surface area (Å²) in [6.45, 7) is 5.85. The lowest BCUT2D eigenvalue weighted by Gasteiger charge is -2.31. The van der Waals surface area contributed by atoms with Crippen LogP contribution in [0.3, 0.4) is 0 Å². The first-order valence-corrected chi connectivity index (χ1v) is 15.3. The zero-order chi connectivity index (χ0) is 27.9. The van der Waals surface area contributed by atoms with E-state index in [0.29, 0.717) is 16.8 Å². The summed E-state index contributed by atoms with van der Waals surface area (Å²) in [7, 11) is 0. The molecule has 1 aliphatic heterocycles. The van der Waals surface area contributed by atoms with E-state index in [1.165, 1.54) is 33.8 Å². The molecule has 41 heavy (non-hydrogen) atoms. The van der Waals surface area contributed by atoms with Crippen LogP contribution in [0.1, 0.15) is 42.6 Å². The Balaban J connectivity index is 1.13. The second kappa shape index (κ2) is 11.0. The van der Waals surface area contributed by atoms with Gasteiger partial charge in [-0.3, -0.25) is 4.68 Å². The molecule has 7 nitrogen and oxygen atoms in total. The van der Waals surface area contributed by atoms with Crippen LogP contribution in [0.4, 0.5) is 15.9 Å². The summed E-state index contributed by atoms with van der Waals surface area (Å²) >= 11 is 8.28. The molecule has 2 aromatic carbocycles. The van der Waals surface area contributed by atoms with E-state index in [9.17, 15) is 4.39 Å². The summed E-state index contributed by atoms with van der Waals surface area (Å²) in [5, 5.41) is 10.0. The summed E-state index contributed by atoms with van der Waals surface area (Å²) in [4.78, 5) is 14.0. The van der Waals surface area contributed by atoms with Crippen molar-refractivity contribution in [1.29, 1.82) is 0 Å². The third-order valence-electron chi connectivity index (χ3n) is 8.11. The Morgan fingerprint density at radius 2 is 2.00 bits per heavy atom. The number of hydrogen-bond acceptors (Lipinski definition) is 7. The summed E-state index contributed by atoms with van der Waals surface area (Å²) in [5.41, 5.74) is 5.24.